The van der Waals surface area contributed by atoms with Crippen molar-refractivity contribution in [1.82, 2.24) is 30.1 Å². The number of benzene rings is 2. The number of nitrogens with zero attached hydrogens (tertiary/aromatic N) is 5. The number of imidazole rings is 1. The highest BCUT2D eigenvalue weighted by atomic mass is 19.2. The number of ether oxygens (including phenoxy) is 10. The largest absolute Gasteiger partial charge is 0.444 e. The standard InChI is InChI=1S/C54H75F4N7O13/c1-39-7-8-44-43(33-39)62-46(36-65-45-35-61-11-9-40(45)54(51(65)67)37-63(38-54)52(68)78-53(2,3)4)64(44)16-5-6-17-69-19-21-71-23-25-73-27-29-75-31-32-76-30-28-74-26-24-72-22-20-70-18-15-60-14-13-59-12-10-47(66)77-50-48(57)41(55)34-42(56)49(50)58/h7-9,11,33-35,59-60H,5-6,10,12-32,36-38H2,1-4H3. The molecule has 4 heterocycles. The Bertz CT molecular complexity index is 2490. The smallest absolute Gasteiger partial charge is 0.410 e. The maximum absolute atomic E-state index is 14.3. The fraction of sp³-hybridized carbons (Fsp3) is 0.611. The molecule has 1 fully saturated rings. The fourth-order valence-corrected chi connectivity index (χ4v) is 8.50. The van der Waals surface area contributed by atoms with Crippen molar-refractivity contribution in [2.75, 3.05) is 150 Å². The fourth-order valence-electron chi connectivity index (χ4n) is 8.50. The van der Waals surface area contributed by atoms with Crippen LogP contribution in [0.4, 0.5) is 28.0 Å². The van der Waals surface area contributed by atoms with Crippen LogP contribution in [0, 0.1) is 30.2 Å². The number of carbonyl (C=O) groups excluding carboxylic acids is 3. The van der Waals surface area contributed by atoms with Crippen LogP contribution in [0.5, 0.6) is 5.75 Å². The number of nitrogens with one attached hydrogen (secondary N) is 2. The highest BCUT2D eigenvalue weighted by Crippen LogP contribution is 2.48. The number of anilines is 1. The summed E-state index contributed by atoms with van der Waals surface area (Å²) in [6, 6.07) is 8.13. The minimum atomic E-state index is -1.77. The van der Waals surface area contributed by atoms with Crippen molar-refractivity contribution in [2.45, 2.75) is 71.1 Å². The number of likely N-dealkylation sites (tertiary alicyclic amines) is 1. The Morgan fingerprint density at radius 3 is 1.78 bits per heavy atom. The predicted molar refractivity (Wildman–Crippen MR) is 277 cm³/mol. The van der Waals surface area contributed by atoms with Crippen molar-refractivity contribution in [2.24, 2.45) is 0 Å². The molecular formula is C54H75F4N7O13. The van der Waals surface area contributed by atoms with E-state index in [4.69, 9.17) is 47.6 Å². The number of aromatic nitrogens is 3. The normalized spacial score (nSPS) is 14.0. The Morgan fingerprint density at radius 2 is 1.22 bits per heavy atom. The topological polar surface area (TPSA) is 205 Å². The number of rotatable bonds is 38. The van der Waals surface area contributed by atoms with Gasteiger partial charge in [-0.2, -0.15) is 8.78 Å². The molecule has 2 N–H and O–H groups in total. The minimum absolute atomic E-state index is 0.0359. The van der Waals surface area contributed by atoms with Gasteiger partial charge in [-0.15, -0.1) is 0 Å². The summed E-state index contributed by atoms with van der Waals surface area (Å²) in [5.74, 6) is -8.57. The number of halogens is 4. The number of hydrogen-bond acceptors (Lipinski definition) is 17. The molecule has 2 aliphatic rings. The summed E-state index contributed by atoms with van der Waals surface area (Å²) in [5, 5.41) is 6.07. The van der Waals surface area contributed by atoms with E-state index >= 15 is 0 Å². The van der Waals surface area contributed by atoms with Crippen molar-refractivity contribution >= 4 is 34.7 Å². The first-order valence-electron chi connectivity index (χ1n) is 26.5. The van der Waals surface area contributed by atoms with E-state index in [-0.39, 0.29) is 44.6 Å². The summed E-state index contributed by atoms with van der Waals surface area (Å²) in [4.78, 5) is 51.6. The van der Waals surface area contributed by atoms with Gasteiger partial charge in [-0.25, -0.2) is 18.6 Å². The average Bonchev–Trinajstić information content (AvgIpc) is 3.89. The maximum atomic E-state index is 14.3. The van der Waals surface area contributed by atoms with Crippen molar-refractivity contribution < 1.29 is 79.3 Å². The molecule has 2 aromatic heterocycles. The maximum Gasteiger partial charge on any atom is 0.410 e. The van der Waals surface area contributed by atoms with Gasteiger partial charge in [-0.3, -0.25) is 14.6 Å². The first kappa shape index (κ1) is 61.8. The van der Waals surface area contributed by atoms with Gasteiger partial charge >= 0.3 is 12.1 Å². The molecule has 0 unspecified atom stereocenters. The molecule has 4 aromatic rings. The number of unbranched alkanes of at least 4 members (excludes halogenated alkanes) is 1. The van der Waals surface area contributed by atoms with E-state index in [0.29, 0.717) is 132 Å². The lowest BCUT2D eigenvalue weighted by atomic mass is 9.75. The van der Waals surface area contributed by atoms with Crippen LogP contribution in [0.1, 0.15) is 57.0 Å². The second kappa shape index (κ2) is 32.0. The zero-order chi connectivity index (χ0) is 55.8. The van der Waals surface area contributed by atoms with Crippen molar-refractivity contribution in [3.05, 3.63) is 82.9 Å². The molecule has 1 saturated heterocycles. The molecule has 1 spiro atoms. The molecule has 78 heavy (non-hydrogen) atoms. The van der Waals surface area contributed by atoms with Gasteiger partial charge in [0.25, 0.3) is 0 Å². The van der Waals surface area contributed by atoms with Crippen LogP contribution in [-0.2, 0) is 70.7 Å². The quantitative estimate of drug-likeness (QED) is 0.0189. The van der Waals surface area contributed by atoms with Gasteiger partial charge in [-0.05, 0) is 69.9 Å². The Morgan fingerprint density at radius 1 is 0.679 bits per heavy atom. The SMILES string of the molecule is Cc1ccc2c(c1)nc(CN1C(=O)C3(CN(C(=O)OC(C)(C)C)C3)c3ccncc31)n2CCCCOCCOCCOCCOCCOCCOCCOCCOCCNCCNCCC(=O)Oc1c(F)c(F)cc(F)c1F. The minimum Gasteiger partial charge on any atom is -0.444 e. The van der Waals surface area contributed by atoms with Crippen LogP contribution >= 0.6 is 0 Å². The molecule has 0 atom stereocenters. The number of aryl methyl sites for hydroxylation is 2. The van der Waals surface area contributed by atoms with Gasteiger partial charge in [0.1, 0.15) is 16.8 Å². The van der Waals surface area contributed by atoms with Crippen LogP contribution in [0.2, 0.25) is 0 Å². The van der Waals surface area contributed by atoms with Crippen molar-refractivity contribution in [1.29, 1.82) is 0 Å². The molecule has 2 aromatic carbocycles. The Kier molecular flexibility index (Phi) is 25.3. The lowest BCUT2D eigenvalue weighted by Gasteiger charge is -2.46. The van der Waals surface area contributed by atoms with Gasteiger partial charge < -0.3 is 72.4 Å². The molecule has 20 nitrogen and oxygen atoms in total. The average molecular weight is 1110 g/mol. The van der Waals surface area contributed by atoms with Crippen LogP contribution < -0.4 is 20.3 Å². The van der Waals surface area contributed by atoms with Crippen LogP contribution in [0.3, 0.4) is 0 Å². The summed E-state index contributed by atoms with van der Waals surface area (Å²) in [7, 11) is 0. The number of pyridine rings is 1. The van der Waals surface area contributed by atoms with E-state index in [9.17, 15) is 31.9 Å². The second-order valence-electron chi connectivity index (χ2n) is 19.5. The van der Waals surface area contributed by atoms with Crippen LogP contribution in [-0.4, -0.2) is 188 Å². The Labute approximate surface area is 452 Å². The molecule has 0 aliphatic carbocycles. The summed E-state index contributed by atoms with van der Waals surface area (Å²) >= 11 is 0. The summed E-state index contributed by atoms with van der Waals surface area (Å²) in [6.45, 7) is 17.9. The molecule has 0 radical (unpaired) electrons. The van der Waals surface area contributed by atoms with E-state index in [1.54, 1.807) is 22.2 Å². The number of amides is 2. The van der Waals surface area contributed by atoms with E-state index < -0.39 is 52.1 Å². The van der Waals surface area contributed by atoms with E-state index in [1.807, 2.05) is 33.8 Å². The molecule has 6 rings (SSSR count). The van der Waals surface area contributed by atoms with Crippen LogP contribution in [0.25, 0.3) is 11.0 Å². The summed E-state index contributed by atoms with van der Waals surface area (Å²) in [6.07, 6.45) is 4.40. The van der Waals surface area contributed by atoms with Gasteiger partial charge in [-0.1, -0.05) is 6.07 Å². The molecule has 2 aliphatic heterocycles. The van der Waals surface area contributed by atoms with Gasteiger partial charge in [0.15, 0.2) is 11.6 Å². The van der Waals surface area contributed by atoms with Crippen molar-refractivity contribution in [3.8, 4) is 5.75 Å². The lowest BCUT2D eigenvalue weighted by Crippen LogP contribution is -2.65. The molecule has 2 amide bonds. The lowest BCUT2D eigenvalue weighted by molar-refractivity contribution is -0.134. The second-order valence-corrected chi connectivity index (χ2v) is 19.5. The third-order valence-corrected chi connectivity index (χ3v) is 12.3. The summed E-state index contributed by atoms with van der Waals surface area (Å²) in [5.41, 5.74) is 3.12. The third-order valence-electron chi connectivity index (χ3n) is 12.3. The molecule has 0 saturated carbocycles. The number of carbonyl (C=O) groups is 3. The number of fused-ring (bicyclic) bond motifs is 3. The van der Waals surface area contributed by atoms with Crippen molar-refractivity contribution in [3.63, 3.8) is 0 Å². The van der Waals surface area contributed by atoms with Gasteiger partial charge in [0.05, 0.1) is 135 Å². The van der Waals surface area contributed by atoms with E-state index in [1.165, 1.54) is 0 Å². The number of hydrogen-bond donors (Lipinski definition) is 2. The molecule has 24 heteroatoms. The third kappa shape index (κ3) is 18.9. The molecular weight excluding hydrogens is 1030 g/mol. The van der Waals surface area contributed by atoms with E-state index in [0.717, 1.165) is 46.5 Å². The molecule has 0 bridgehead atoms. The highest BCUT2D eigenvalue weighted by Gasteiger charge is 2.60. The van der Waals surface area contributed by atoms with Gasteiger partial charge in [0.2, 0.25) is 23.3 Å². The zero-order valence-corrected chi connectivity index (χ0v) is 45.2. The first-order valence-corrected chi connectivity index (χ1v) is 26.5. The first-order chi connectivity index (χ1) is 37.7. The van der Waals surface area contributed by atoms with E-state index in [2.05, 4.69) is 43.1 Å². The van der Waals surface area contributed by atoms with Crippen LogP contribution in [0.15, 0.2) is 42.7 Å². The van der Waals surface area contributed by atoms with Gasteiger partial charge in [0, 0.05) is 64.7 Å². The molecule has 432 valence electrons. The predicted octanol–water partition coefficient (Wildman–Crippen LogP) is 5.42. The highest BCUT2D eigenvalue weighted by molar-refractivity contribution is 6.09. The number of esters is 1. The monoisotopic (exact) mass is 1110 g/mol. The summed E-state index contributed by atoms with van der Waals surface area (Å²) < 4.78 is 111. The Hall–Kier alpha value is -5.41. The zero-order valence-electron chi connectivity index (χ0n) is 45.2. The Balaban J connectivity index is 0.683.